The van der Waals surface area contributed by atoms with Crippen LogP contribution in [0.15, 0.2) is 42.0 Å². The molecular weight excluding hydrogens is 321 g/mol. The lowest BCUT2D eigenvalue weighted by molar-refractivity contribution is -0.116. The number of anilines is 1. The summed E-state index contributed by atoms with van der Waals surface area (Å²) in [5.74, 6) is -0.0344. The molecule has 0 radical (unpaired) electrons. The Morgan fingerprint density at radius 2 is 2.17 bits per heavy atom. The molecule has 7 nitrogen and oxygen atoms in total. The van der Waals surface area contributed by atoms with Crippen molar-refractivity contribution in [1.82, 2.24) is 20.0 Å². The van der Waals surface area contributed by atoms with Crippen LogP contribution in [0.25, 0.3) is 0 Å². The summed E-state index contributed by atoms with van der Waals surface area (Å²) in [4.78, 5) is 15.8. The zero-order chi connectivity index (χ0) is 16.1. The number of hydrogen-bond acceptors (Lipinski definition) is 6. The van der Waals surface area contributed by atoms with E-state index in [1.54, 1.807) is 17.8 Å². The van der Waals surface area contributed by atoms with E-state index < -0.39 is 0 Å². The number of rotatable bonds is 6. The summed E-state index contributed by atoms with van der Waals surface area (Å²) >= 11 is 1.34. The number of nitrogens with zero attached hydrogens (tertiary/aromatic N) is 4. The molecule has 0 spiro atoms. The molecule has 0 fully saturated rings. The van der Waals surface area contributed by atoms with Gasteiger partial charge in [0.15, 0.2) is 5.13 Å². The Labute approximate surface area is 134 Å². The van der Waals surface area contributed by atoms with Crippen LogP contribution in [0.1, 0.15) is 5.69 Å². The summed E-state index contributed by atoms with van der Waals surface area (Å²) in [7, 11) is 0. The van der Waals surface area contributed by atoms with Crippen molar-refractivity contribution in [3.8, 4) is 5.75 Å². The van der Waals surface area contributed by atoms with E-state index in [1.165, 1.54) is 40.3 Å². The zero-order valence-electron chi connectivity index (χ0n) is 11.8. The highest BCUT2D eigenvalue weighted by Crippen LogP contribution is 2.13. The number of thiazole rings is 1. The van der Waals surface area contributed by atoms with Crippen molar-refractivity contribution in [2.45, 2.75) is 13.2 Å². The summed E-state index contributed by atoms with van der Waals surface area (Å²) < 4.78 is 19.7. The topological polar surface area (TPSA) is 81.9 Å². The molecule has 0 bridgehead atoms. The van der Waals surface area contributed by atoms with Gasteiger partial charge >= 0.3 is 0 Å². The first-order chi connectivity index (χ1) is 11.2. The number of nitrogens with one attached hydrogen (secondary N) is 1. The number of carbonyl (C=O) groups excluding carboxylic acids is 1. The fraction of sp³-hybridized carbons (Fsp3) is 0.143. The maximum atomic E-state index is 12.8. The zero-order valence-corrected chi connectivity index (χ0v) is 12.7. The lowest BCUT2D eigenvalue weighted by Gasteiger charge is -2.03. The standard InChI is InChI=1S/C14H12FN5O2S/c15-10-1-3-12(4-2-10)22-9-11-7-20(19-18-11)8-13(21)17-14-16-5-6-23-14/h1-7H,8-9H2,(H,16,17,21). The molecule has 0 aliphatic heterocycles. The molecule has 0 aliphatic rings. The molecule has 0 unspecified atom stereocenters. The molecule has 2 aromatic heterocycles. The highest BCUT2D eigenvalue weighted by molar-refractivity contribution is 7.13. The molecule has 118 valence electrons. The van der Waals surface area contributed by atoms with Crippen molar-refractivity contribution < 1.29 is 13.9 Å². The summed E-state index contributed by atoms with van der Waals surface area (Å²) in [5.41, 5.74) is 0.566. The molecule has 1 aromatic carbocycles. The SMILES string of the molecule is O=C(Cn1cc(COc2ccc(F)cc2)nn1)Nc1nccs1. The molecule has 3 aromatic rings. The van der Waals surface area contributed by atoms with Crippen molar-refractivity contribution in [2.24, 2.45) is 0 Å². The Bertz CT molecular complexity index is 773. The van der Waals surface area contributed by atoms with E-state index in [-0.39, 0.29) is 24.9 Å². The number of benzene rings is 1. The minimum absolute atomic E-state index is 0.0309. The van der Waals surface area contributed by atoms with Gasteiger partial charge in [-0.3, -0.25) is 4.79 Å². The van der Waals surface area contributed by atoms with Crippen molar-refractivity contribution in [3.63, 3.8) is 0 Å². The first kappa shape index (κ1) is 15.1. The summed E-state index contributed by atoms with van der Waals surface area (Å²) in [6.07, 6.45) is 3.23. The smallest absolute Gasteiger partial charge is 0.247 e. The second-order valence-corrected chi connectivity index (χ2v) is 5.43. The molecular formula is C14H12FN5O2S. The average molecular weight is 333 g/mol. The Balaban J connectivity index is 1.51. The predicted molar refractivity (Wildman–Crippen MR) is 81.5 cm³/mol. The van der Waals surface area contributed by atoms with Crippen molar-refractivity contribution in [1.29, 1.82) is 0 Å². The second-order valence-electron chi connectivity index (χ2n) is 4.54. The fourth-order valence-corrected chi connectivity index (χ4v) is 2.31. The van der Waals surface area contributed by atoms with Crippen LogP contribution in [-0.4, -0.2) is 25.9 Å². The van der Waals surface area contributed by atoms with E-state index in [9.17, 15) is 9.18 Å². The molecule has 3 rings (SSSR count). The van der Waals surface area contributed by atoms with Gasteiger partial charge in [-0.15, -0.1) is 16.4 Å². The number of amides is 1. The molecule has 0 aliphatic carbocycles. The molecule has 0 saturated heterocycles. The minimum Gasteiger partial charge on any atom is -0.487 e. The normalized spacial score (nSPS) is 10.5. The second kappa shape index (κ2) is 6.97. The van der Waals surface area contributed by atoms with Gasteiger partial charge in [0.2, 0.25) is 5.91 Å². The first-order valence-electron chi connectivity index (χ1n) is 6.66. The van der Waals surface area contributed by atoms with Crippen LogP contribution in [0.2, 0.25) is 0 Å². The molecule has 0 atom stereocenters. The van der Waals surface area contributed by atoms with Gasteiger partial charge in [0.05, 0.1) is 6.20 Å². The monoisotopic (exact) mass is 333 g/mol. The Kier molecular flexibility index (Phi) is 4.57. The summed E-state index contributed by atoms with van der Waals surface area (Å²) in [5, 5.41) is 12.7. The van der Waals surface area contributed by atoms with Gasteiger partial charge in [-0.2, -0.15) is 0 Å². The highest BCUT2D eigenvalue weighted by Gasteiger charge is 2.08. The third-order valence-corrected chi connectivity index (χ3v) is 3.46. The number of aromatic nitrogens is 4. The molecule has 9 heteroatoms. The van der Waals surface area contributed by atoms with E-state index in [0.717, 1.165) is 0 Å². The average Bonchev–Trinajstić information content (AvgIpc) is 3.19. The fourth-order valence-electron chi connectivity index (χ4n) is 1.76. The molecule has 1 amide bonds. The van der Waals surface area contributed by atoms with Gasteiger partial charge in [0, 0.05) is 11.6 Å². The Morgan fingerprint density at radius 1 is 1.35 bits per heavy atom. The lowest BCUT2D eigenvalue weighted by atomic mass is 10.3. The van der Waals surface area contributed by atoms with Crippen LogP contribution in [-0.2, 0) is 17.9 Å². The van der Waals surface area contributed by atoms with Crippen LogP contribution in [0, 0.1) is 5.82 Å². The van der Waals surface area contributed by atoms with Crippen molar-refractivity contribution in [3.05, 3.63) is 53.6 Å². The maximum absolute atomic E-state index is 12.8. The van der Waals surface area contributed by atoms with Gasteiger partial charge in [-0.1, -0.05) is 5.21 Å². The minimum atomic E-state index is -0.325. The van der Waals surface area contributed by atoms with Gasteiger partial charge in [-0.05, 0) is 24.3 Å². The van der Waals surface area contributed by atoms with E-state index in [0.29, 0.717) is 16.6 Å². The van der Waals surface area contributed by atoms with Gasteiger partial charge in [0.25, 0.3) is 0 Å². The van der Waals surface area contributed by atoms with Gasteiger partial charge in [0.1, 0.15) is 30.4 Å². The van der Waals surface area contributed by atoms with Crippen molar-refractivity contribution in [2.75, 3.05) is 5.32 Å². The number of carbonyl (C=O) groups is 1. The van der Waals surface area contributed by atoms with Crippen LogP contribution < -0.4 is 10.1 Å². The Hall–Kier alpha value is -2.81. The Morgan fingerprint density at radius 3 is 2.91 bits per heavy atom. The van der Waals surface area contributed by atoms with Gasteiger partial charge < -0.3 is 10.1 Å². The van der Waals surface area contributed by atoms with Gasteiger partial charge in [-0.25, -0.2) is 14.1 Å². The van der Waals surface area contributed by atoms with E-state index in [1.807, 2.05) is 0 Å². The quantitative estimate of drug-likeness (QED) is 0.747. The number of halogens is 1. The van der Waals surface area contributed by atoms with E-state index in [4.69, 9.17) is 4.74 Å². The molecule has 23 heavy (non-hydrogen) atoms. The third kappa shape index (κ3) is 4.33. The predicted octanol–water partition coefficient (Wildman–Crippen LogP) is 2.09. The molecule has 0 saturated carbocycles. The molecule has 1 N–H and O–H groups in total. The van der Waals surface area contributed by atoms with Crippen LogP contribution in [0.4, 0.5) is 9.52 Å². The lowest BCUT2D eigenvalue weighted by Crippen LogP contribution is -2.19. The third-order valence-electron chi connectivity index (χ3n) is 2.77. The molecule has 2 heterocycles. The first-order valence-corrected chi connectivity index (χ1v) is 7.54. The van der Waals surface area contributed by atoms with E-state index >= 15 is 0 Å². The summed E-state index contributed by atoms with van der Waals surface area (Å²) in [6, 6.07) is 5.69. The van der Waals surface area contributed by atoms with Crippen LogP contribution in [0.3, 0.4) is 0 Å². The number of ether oxygens (including phenoxy) is 1. The number of hydrogen-bond donors (Lipinski definition) is 1. The van der Waals surface area contributed by atoms with E-state index in [2.05, 4.69) is 20.6 Å². The van der Waals surface area contributed by atoms with Crippen LogP contribution >= 0.6 is 11.3 Å². The highest BCUT2D eigenvalue weighted by atomic mass is 32.1. The van der Waals surface area contributed by atoms with Crippen molar-refractivity contribution >= 4 is 22.4 Å². The summed E-state index contributed by atoms with van der Waals surface area (Å²) in [6.45, 7) is 0.211. The largest absolute Gasteiger partial charge is 0.487 e. The maximum Gasteiger partial charge on any atom is 0.247 e. The van der Waals surface area contributed by atoms with Crippen LogP contribution in [0.5, 0.6) is 5.75 Å².